The quantitative estimate of drug-likeness (QED) is 0.939. The van der Waals surface area contributed by atoms with Crippen molar-refractivity contribution in [2.75, 3.05) is 7.11 Å². The molecular weight excluding hydrogens is 311 g/mol. The van der Waals surface area contributed by atoms with Gasteiger partial charge in [-0.15, -0.1) is 0 Å². The molecule has 1 aromatic heterocycles. The maximum atomic E-state index is 13.6. The average molecular weight is 325 g/mol. The molecule has 0 fully saturated rings. The molecule has 2 aromatic rings. The van der Waals surface area contributed by atoms with Gasteiger partial charge in [0.1, 0.15) is 11.6 Å². The van der Waals surface area contributed by atoms with Gasteiger partial charge in [0.25, 0.3) is 0 Å². The summed E-state index contributed by atoms with van der Waals surface area (Å²) in [5, 5.41) is 0. The van der Waals surface area contributed by atoms with Crippen LogP contribution in [0.4, 0.5) is 4.39 Å². The zero-order chi connectivity index (χ0) is 13.8. The first-order valence-electron chi connectivity index (χ1n) is 5.80. The van der Waals surface area contributed by atoms with Crippen LogP contribution >= 0.6 is 15.9 Å². The lowest BCUT2D eigenvalue weighted by Gasteiger charge is -2.13. The molecule has 0 spiro atoms. The number of rotatable bonds is 4. The molecule has 2 rings (SSSR count). The van der Waals surface area contributed by atoms with Gasteiger partial charge in [-0.3, -0.25) is 4.98 Å². The van der Waals surface area contributed by atoms with Crippen LogP contribution in [-0.2, 0) is 6.42 Å². The van der Waals surface area contributed by atoms with Crippen LogP contribution in [-0.4, -0.2) is 12.1 Å². The lowest BCUT2D eigenvalue weighted by atomic mass is 10.0. The van der Waals surface area contributed by atoms with E-state index in [1.807, 2.05) is 18.2 Å². The second-order valence-corrected chi connectivity index (χ2v) is 5.00. The van der Waals surface area contributed by atoms with Crippen LogP contribution in [0.15, 0.2) is 41.0 Å². The fourth-order valence-electron chi connectivity index (χ4n) is 1.86. The van der Waals surface area contributed by atoms with Crippen molar-refractivity contribution in [2.24, 2.45) is 5.73 Å². The minimum absolute atomic E-state index is 0.287. The number of hydrogen-bond acceptors (Lipinski definition) is 3. The molecule has 5 heteroatoms. The molecule has 1 aromatic carbocycles. The number of nitrogens with two attached hydrogens (primary N) is 1. The Kier molecular flexibility index (Phi) is 4.50. The third-order valence-electron chi connectivity index (χ3n) is 2.81. The zero-order valence-corrected chi connectivity index (χ0v) is 12.0. The van der Waals surface area contributed by atoms with E-state index in [1.54, 1.807) is 19.4 Å². The Morgan fingerprint density at radius 1 is 1.42 bits per heavy atom. The van der Waals surface area contributed by atoms with Gasteiger partial charge in [0.2, 0.25) is 0 Å². The van der Waals surface area contributed by atoms with Crippen molar-refractivity contribution in [3.05, 3.63) is 58.1 Å². The molecule has 100 valence electrons. The highest BCUT2D eigenvalue weighted by molar-refractivity contribution is 9.10. The van der Waals surface area contributed by atoms with Crippen molar-refractivity contribution in [1.82, 2.24) is 4.98 Å². The van der Waals surface area contributed by atoms with E-state index < -0.39 is 6.04 Å². The highest BCUT2D eigenvalue weighted by atomic mass is 79.9. The van der Waals surface area contributed by atoms with Crippen molar-refractivity contribution < 1.29 is 9.13 Å². The summed E-state index contributed by atoms with van der Waals surface area (Å²) in [5.74, 6) is 0.379. The second kappa shape index (κ2) is 6.12. The Hall–Kier alpha value is -1.46. The Balaban J connectivity index is 2.17. The van der Waals surface area contributed by atoms with E-state index in [-0.39, 0.29) is 11.5 Å². The molecule has 0 saturated carbocycles. The van der Waals surface area contributed by atoms with Gasteiger partial charge >= 0.3 is 0 Å². The smallest absolute Gasteiger partial charge is 0.146 e. The van der Waals surface area contributed by atoms with Crippen molar-refractivity contribution >= 4 is 15.9 Å². The van der Waals surface area contributed by atoms with Crippen LogP contribution in [0, 0.1) is 5.82 Å². The zero-order valence-electron chi connectivity index (χ0n) is 10.4. The lowest BCUT2D eigenvalue weighted by Crippen LogP contribution is -2.16. The monoisotopic (exact) mass is 324 g/mol. The number of methoxy groups -OCH3 is 1. The van der Waals surface area contributed by atoms with E-state index in [0.29, 0.717) is 6.42 Å². The van der Waals surface area contributed by atoms with Crippen molar-refractivity contribution in [3.8, 4) is 5.75 Å². The highest BCUT2D eigenvalue weighted by Gasteiger charge is 2.13. The van der Waals surface area contributed by atoms with Crippen LogP contribution in [0.3, 0.4) is 0 Å². The van der Waals surface area contributed by atoms with E-state index in [9.17, 15) is 4.39 Å². The van der Waals surface area contributed by atoms with Gasteiger partial charge in [-0.1, -0.05) is 6.07 Å². The fourth-order valence-corrected chi connectivity index (χ4v) is 2.45. The first-order valence-corrected chi connectivity index (χ1v) is 6.59. The summed E-state index contributed by atoms with van der Waals surface area (Å²) >= 11 is 3.41. The third kappa shape index (κ3) is 3.30. The van der Waals surface area contributed by atoms with Crippen LogP contribution in [0.1, 0.15) is 17.3 Å². The Labute approximate surface area is 119 Å². The molecule has 0 aliphatic heterocycles. The maximum absolute atomic E-state index is 13.6. The van der Waals surface area contributed by atoms with Gasteiger partial charge in [-0.25, -0.2) is 4.39 Å². The van der Waals surface area contributed by atoms with Gasteiger partial charge < -0.3 is 10.5 Å². The van der Waals surface area contributed by atoms with E-state index >= 15 is 0 Å². The van der Waals surface area contributed by atoms with Crippen LogP contribution in [0.2, 0.25) is 0 Å². The third-order valence-corrected chi connectivity index (χ3v) is 3.43. The van der Waals surface area contributed by atoms with Gasteiger partial charge in [0, 0.05) is 6.20 Å². The summed E-state index contributed by atoms with van der Waals surface area (Å²) < 4.78 is 19.6. The van der Waals surface area contributed by atoms with Crippen LogP contribution in [0.25, 0.3) is 0 Å². The average Bonchev–Trinajstić information content (AvgIpc) is 2.39. The molecule has 1 unspecified atom stereocenters. The number of pyridine rings is 1. The van der Waals surface area contributed by atoms with Gasteiger partial charge in [-0.2, -0.15) is 0 Å². The molecule has 0 aliphatic carbocycles. The van der Waals surface area contributed by atoms with Gasteiger partial charge in [-0.05, 0) is 52.2 Å². The first-order chi connectivity index (χ1) is 9.11. The second-order valence-electron chi connectivity index (χ2n) is 4.15. The van der Waals surface area contributed by atoms with Crippen LogP contribution < -0.4 is 10.5 Å². The molecule has 0 bridgehead atoms. The summed E-state index contributed by atoms with van der Waals surface area (Å²) in [6, 6.07) is 8.12. The molecule has 1 atom stereocenters. The maximum Gasteiger partial charge on any atom is 0.146 e. The largest absolute Gasteiger partial charge is 0.496 e. The number of ether oxygens (including phenoxy) is 1. The Morgan fingerprint density at radius 2 is 2.21 bits per heavy atom. The van der Waals surface area contributed by atoms with Crippen molar-refractivity contribution in [3.63, 3.8) is 0 Å². The molecule has 3 nitrogen and oxygen atoms in total. The molecule has 0 amide bonds. The molecule has 1 heterocycles. The Morgan fingerprint density at radius 3 is 2.84 bits per heavy atom. The molecule has 2 N–H and O–H groups in total. The van der Waals surface area contributed by atoms with Crippen molar-refractivity contribution in [2.45, 2.75) is 12.5 Å². The molecule has 0 radical (unpaired) electrons. The normalized spacial score (nSPS) is 12.2. The highest BCUT2D eigenvalue weighted by Crippen LogP contribution is 2.27. The molecular formula is C14H14BrFN2O. The number of hydrogen-bond donors (Lipinski definition) is 1. The molecule has 0 saturated heterocycles. The molecule has 0 aliphatic rings. The summed E-state index contributed by atoms with van der Waals surface area (Å²) in [5.41, 5.74) is 7.28. The van der Waals surface area contributed by atoms with Crippen molar-refractivity contribution in [1.29, 1.82) is 0 Å². The topological polar surface area (TPSA) is 48.1 Å². The first kappa shape index (κ1) is 14.0. The number of aromatic nitrogens is 1. The minimum Gasteiger partial charge on any atom is -0.496 e. The standard InChI is InChI=1S/C14H14BrFN2O/c1-19-13-5-4-9(7-10(13)15)8-12(17)14-11(16)3-2-6-18-14/h2-7,12H,8,17H2,1H3. The van der Waals surface area contributed by atoms with E-state index in [1.165, 1.54) is 6.07 Å². The number of halogens is 2. The van der Waals surface area contributed by atoms with Gasteiger partial charge in [0.15, 0.2) is 0 Å². The Bertz CT molecular complexity index is 577. The summed E-state index contributed by atoms with van der Waals surface area (Å²) in [7, 11) is 1.61. The molecule has 19 heavy (non-hydrogen) atoms. The van der Waals surface area contributed by atoms with Crippen LogP contribution in [0.5, 0.6) is 5.75 Å². The van der Waals surface area contributed by atoms with E-state index in [2.05, 4.69) is 20.9 Å². The number of nitrogens with zero attached hydrogens (tertiary/aromatic N) is 1. The summed E-state index contributed by atoms with van der Waals surface area (Å²) in [6.45, 7) is 0. The predicted octanol–water partition coefficient (Wildman–Crippen LogP) is 3.23. The van der Waals surface area contributed by atoms with E-state index in [0.717, 1.165) is 15.8 Å². The predicted molar refractivity (Wildman–Crippen MR) is 75.5 cm³/mol. The van der Waals surface area contributed by atoms with Gasteiger partial charge in [0.05, 0.1) is 23.3 Å². The number of benzene rings is 1. The SMILES string of the molecule is COc1ccc(CC(N)c2ncccc2F)cc1Br. The fraction of sp³-hybridized carbons (Fsp3) is 0.214. The minimum atomic E-state index is -0.471. The summed E-state index contributed by atoms with van der Waals surface area (Å²) in [6.07, 6.45) is 2.05. The lowest BCUT2D eigenvalue weighted by molar-refractivity contribution is 0.412. The van der Waals surface area contributed by atoms with E-state index in [4.69, 9.17) is 10.5 Å². The summed E-state index contributed by atoms with van der Waals surface area (Å²) in [4.78, 5) is 3.99.